The van der Waals surface area contributed by atoms with Crippen LogP contribution in [0, 0.1) is 19.7 Å². The molecule has 1 atom stereocenters. The molecule has 3 aromatic rings. The lowest BCUT2D eigenvalue weighted by Gasteiger charge is -2.13. The van der Waals surface area contributed by atoms with Crippen LogP contribution < -0.4 is 5.32 Å². The molecule has 136 valence electrons. The molecule has 0 aliphatic rings. The number of anilines is 1. The van der Waals surface area contributed by atoms with E-state index in [1.165, 1.54) is 12.1 Å². The highest BCUT2D eigenvalue weighted by molar-refractivity contribution is 9.10. The third-order valence-corrected chi connectivity index (χ3v) is 5.29. The molecule has 0 aliphatic heterocycles. The van der Waals surface area contributed by atoms with E-state index in [1.807, 2.05) is 13.8 Å². The number of hydrogen-bond acceptors (Lipinski definition) is 3. The van der Waals surface area contributed by atoms with Crippen LogP contribution in [0.3, 0.4) is 0 Å². The highest BCUT2D eigenvalue weighted by atomic mass is 79.9. The fourth-order valence-corrected chi connectivity index (χ4v) is 2.93. The Hall–Kier alpha value is -2.48. The largest absolute Gasteiger partial charge is 0.322 e. The molecule has 0 saturated carbocycles. The summed E-state index contributed by atoms with van der Waals surface area (Å²) in [5, 5.41) is 11.5. The van der Waals surface area contributed by atoms with Crippen molar-refractivity contribution in [3.63, 3.8) is 0 Å². The van der Waals surface area contributed by atoms with E-state index in [9.17, 15) is 9.18 Å². The molecule has 3 rings (SSSR count). The number of aryl methyl sites for hydroxylation is 1. The molecule has 0 saturated heterocycles. The second kappa shape index (κ2) is 7.41. The van der Waals surface area contributed by atoms with Gasteiger partial charge < -0.3 is 5.32 Å². The van der Waals surface area contributed by atoms with Crippen molar-refractivity contribution in [2.24, 2.45) is 0 Å². The van der Waals surface area contributed by atoms with Crippen molar-refractivity contribution in [1.82, 2.24) is 19.6 Å². The van der Waals surface area contributed by atoms with Gasteiger partial charge in [-0.1, -0.05) is 12.1 Å². The molecule has 1 N–H and O–H groups in total. The minimum absolute atomic E-state index is 0.176. The maximum atomic E-state index is 13.0. The molecule has 0 radical (unpaired) electrons. The van der Waals surface area contributed by atoms with Gasteiger partial charge in [-0.3, -0.25) is 14.2 Å². The molecule has 0 bridgehead atoms. The van der Waals surface area contributed by atoms with Crippen molar-refractivity contribution >= 4 is 27.5 Å². The van der Waals surface area contributed by atoms with Crippen LogP contribution in [0.2, 0.25) is 0 Å². The number of nitrogens with one attached hydrogen (secondary N) is 1. The number of hydrogen-bond donors (Lipinski definition) is 1. The van der Waals surface area contributed by atoms with E-state index in [2.05, 4.69) is 31.4 Å². The Labute approximate surface area is 159 Å². The predicted octanol–water partition coefficient (Wildman–Crippen LogP) is 3.85. The third kappa shape index (κ3) is 3.85. The molecule has 1 aromatic carbocycles. The average molecular weight is 420 g/mol. The highest BCUT2D eigenvalue weighted by Gasteiger charge is 2.20. The second-order valence-corrected chi connectivity index (χ2v) is 6.94. The van der Waals surface area contributed by atoms with Gasteiger partial charge in [-0.25, -0.2) is 4.39 Å². The van der Waals surface area contributed by atoms with E-state index in [0.29, 0.717) is 12.2 Å². The first-order valence-electron chi connectivity index (χ1n) is 8.14. The van der Waals surface area contributed by atoms with E-state index in [-0.39, 0.29) is 11.7 Å². The maximum absolute atomic E-state index is 13.0. The van der Waals surface area contributed by atoms with Gasteiger partial charge in [0.15, 0.2) is 0 Å². The van der Waals surface area contributed by atoms with Crippen molar-refractivity contribution in [1.29, 1.82) is 0 Å². The van der Waals surface area contributed by atoms with Crippen molar-refractivity contribution in [2.45, 2.75) is 33.4 Å². The number of carbonyl (C=O) groups is 1. The minimum Gasteiger partial charge on any atom is -0.322 e. The van der Waals surface area contributed by atoms with E-state index in [0.717, 1.165) is 21.4 Å². The summed E-state index contributed by atoms with van der Waals surface area (Å²) in [6.45, 7) is 6.09. The Kier molecular flexibility index (Phi) is 5.22. The Morgan fingerprint density at radius 2 is 2.00 bits per heavy atom. The SMILES string of the molecule is Cc1nn(C(C)C(=O)Nc2cnn(Cc3ccc(F)cc3)c2)c(C)c1Br. The van der Waals surface area contributed by atoms with Gasteiger partial charge in [0.1, 0.15) is 11.9 Å². The van der Waals surface area contributed by atoms with Gasteiger partial charge in [-0.15, -0.1) is 0 Å². The molecule has 6 nitrogen and oxygen atoms in total. The molecule has 1 amide bonds. The Bertz CT molecular complexity index is 932. The van der Waals surface area contributed by atoms with Crippen LogP contribution in [0.1, 0.15) is 29.9 Å². The van der Waals surface area contributed by atoms with Gasteiger partial charge in [0, 0.05) is 6.20 Å². The summed E-state index contributed by atoms with van der Waals surface area (Å²) in [6.07, 6.45) is 3.33. The Morgan fingerprint density at radius 1 is 1.31 bits per heavy atom. The van der Waals surface area contributed by atoms with E-state index >= 15 is 0 Å². The smallest absolute Gasteiger partial charge is 0.249 e. The zero-order chi connectivity index (χ0) is 18.8. The molecule has 0 spiro atoms. The first-order valence-corrected chi connectivity index (χ1v) is 8.93. The molecule has 26 heavy (non-hydrogen) atoms. The van der Waals surface area contributed by atoms with Crippen molar-refractivity contribution < 1.29 is 9.18 Å². The number of benzene rings is 1. The summed E-state index contributed by atoms with van der Waals surface area (Å²) in [5.74, 6) is -0.448. The molecule has 1 unspecified atom stereocenters. The standard InChI is InChI=1S/C18H19BrFN5O/c1-11-17(19)12(2)25(23-11)13(3)18(26)22-16-8-21-24(10-16)9-14-4-6-15(20)7-5-14/h4-8,10,13H,9H2,1-3H3,(H,22,26). The minimum atomic E-state index is -0.458. The predicted molar refractivity (Wildman–Crippen MR) is 100 cm³/mol. The number of rotatable bonds is 5. The van der Waals surface area contributed by atoms with Crippen molar-refractivity contribution in [3.05, 3.63) is 63.9 Å². The van der Waals surface area contributed by atoms with Gasteiger partial charge in [-0.2, -0.15) is 10.2 Å². The summed E-state index contributed by atoms with van der Waals surface area (Å²) in [5.41, 5.74) is 3.27. The Morgan fingerprint density at radius 3 is 2.62 bits per heavy atom. The van der Waals surface area contributed by atoms with Crippen molar-refractivity contribution in [3.8, 4) is 0 Å². The molecule has 0 fully saturated rings. The zero-order valence-electron chi connectivity index (χ0n) is 14.7. The fourth-order valence-electron chi connectivity index (χ4n) is 2.67. The lowest BCUT2D eigenvalue weighted by Crippen LogP contribution is -2.25. The van der Waals surface area contributed by atoms with E-state index in [1.54, 1.807) is 40.8 Å². The summed E-state index contributed by atoms with van der Waals surface area (Å²) in [4.78, 5) is 12.5. The van der Waals surface area contributed by atoms with E-state index in [4.69, 9.17) is 0 Å². The number of nitrogens with zero attached hydrogens (tertiary/aromatic N) is 4. The number of aromatic nitrogens is 4. The molecule has 0 aliphatic carbocycles. The lowest BCUT2D eigenvalue weighted by atomic mass is 10.2. The van der Waals surface area contributed by atoms with E-state index < -0.39 is 6.04 Å². The van der Waals surface area contributed by atoms with Crippen LogP contribution in [0.4, 0.5) is 10.1 Å². The Balaban J connectivity index is 1.67. The summed E-state index contributed by atoms with van der Waals surface area (Å²) in [7, 11) is 0. The van der Waals surface area contributed by atoms with Gasteiger partial charge in [0.2, 0.25) is 5.91 Å². The number of carbonyl (C=O) groups excluding carboxylic acids is 1. The lowest BCUT2D eigenvalue weighted by molar-refractivity contribution is -0.119. The van der Waals surface area contributed by atoms with Crippen molar-refractivity contribution in [2.75, 3.05) is 5.32 Å². The number of amides is 1. The van der Waals surface area contributed by atoms with Crippen LogP contribution in [0.15, 0.2) is 41.1 Å². The molecule has 2 aromatic heterocycles. The van der Waals surface area contributed by atoms with Crippen LogP contribution in [-0.4, -0.2) is 25.5 Å². The molecular weight excluding hydrogens is 401 g/mol. The third-order valence-electron chi connectivity index (χ3n) is 4.14. The van der Waals surface area contributed by atoms with Gasteiger partial charge in [-0.05, 0) is 54.4 Å². The van der Waals surface area contributed by atoms with Gasteiger partial charge >= 0.3 is 0 Å². The first-order chi connectivity index (χ1) is 12.3. The van der Waals surface area contributed by atoms with Crippen LogP contribution >= 0.6 is 15.9 Å². The van der Waals surface area contributed by atoms with Gasteiger partial charge in [0.05, 0.1) is 34.3 Å². The summed E-state index contributed by atoms with van der Waals surface area (Å²) >= 11 is 3.47. The number of halogens is 2. The summed E-state index contributed by atoms with van der Waals surface area (Å²) < 4.78 is 17.3. The summed E-state index contributed by atoms with van der Waals surface area (Å²) in [6, 6.07) is 5.78. The van der Waals surface area contributed by atoms with Crippen LogP contribution in [0.5, 0.6) is 0 Å². The van der Waals surface area contributed by atoms with Crippen LogP contribution in [-0.2, 0) is 11.3 Å². The topological polar surface area (TPSA) is 64.7 Å². The monoisotopic (exact) mass is 419 g/mol. The van der Waals surface area contributed by atoms with Gasteiger partial charge in [0.25, 0.3) is 0 Å². The second-order valence-electron chi connectivity index (χ2n) is 6.15. The fraction of sp³-hybridized carbons (Fsp3) is 0.278. The highest BCUT2D eigenvalue weighted by Crippen LogP contribution is 2.23. The molecule has 8 heteroatoms. The van der Waals surface area contributed by atoms with Crippen LogP contribution in [0.25, 0.3) is 0 Å². The first kappa shape index (κ1) is 18.3. The maximum Gasteiger partial charge on any atom is 0.249 e. The average Bonchev–Trinajstić information content (AvgIpc) is 3.15. The molecular formula is C18H19BrFN5O. The quantitative estimate of drug-likeness (QED) is 0.682. The normalized spacial score (nSPS) is 12.2. The zero-order valence-corrected chi connectivity index (χ0v) is 16.3. The molecule has 2 heterocycles.